The van der Waals surface area contributed by atoms with Crippen molar-refractivity contribution in [3.8, 4) is 11.5 Å². The summed E-state index contributed by atoms with van der Waals surface area (Å²) in [7, 11) is 1.88. The summed E-state index contributed by atoms with van der Waals surface area (Å²) in [6, 6.07) is 13.9. The van der Waals surface area contributed by atoms with Gasteiger partial charge in [0.15, 0.2) is 17.7 Å². The molecule has 2 aromatic carbocycles. The number of hydrogen-bond acceptors (Lipinski definition) is 11. The van der Waals surface area contributed by atoms with E-state index in [9.17, 15) is 15.0 Å². The van der Waals surface area contributed by atoms with Crippen LogP contribution >= 0.6 is 0 Å². The minimum atomic E-state index is -1.18. The average Bonchev–Trinajstić information content (AvgIpc) is 3.51. The van der Waals surface area contributed by atoms with E-state index in [1.165, 1.54) is 12.7 Å². The maximum absolute atomic E-state index is 12.3. The second-order valence-corrected chi connectivity index (χ2v) is 9.79. The number of aliphatic hydroxyl groups excluding tert-OH is 2. The van der Waals surface area contributed by atoms with Crippen molar-refractivity contribution in [3.05, 3.63) is 61.2 Å². The third-order valence-electron chi connectivity index (χ3n) is 6.75. The van der Waals surface area contributed by atoms with E-state index in [0.717, 1.165) is 0 Å². The summed E-state index contributed by atoms with van der Waals surface area (Å²) in [6.45, 7) is 1.43. The Labute approximate surface area is 235 Å². The van der Waals surface area contributed by atoms with E-state index < -0.39 is 24.5 Å². The van der Waals surface area contributed by atoms with E-state index in [-0.39, 0.29) is 11.8 Å². The van der Waals surface area contributed by atoms with Gasteiger partial charge in [0.25, 0.3) is 0 Å². The number of anilines is 3. The number of aromatic nitrogens is 4. The minimum Gasteiger partial charge on any atom is -0.455 e. The fourth-order valence-corrected chi connectivity index (χ4v) is 4.60. The average molecular weight is 564 g/mol. The quantitative estimate of drug-likeness (QED) is 0.121. The van der Waals surface area contributed by atoms with Crippen molar-refractivity contribution in [1.82, 2.24) is 29.7 Å². The Morgan fingerprint density at radius 3 is 2.66 bits per heavy atom. The number of fused-ring (bicyclic) bond motifs is 1. The van der Waals surface area contributed by atoms with Crippen molar-refractivity contribution in [2.24, 2.45) is 0 Å². The van der Waals surface area contributed by atoms with Crippen molar-refractivity contribution in [1.29, 1.82) is 0 Å². The number of nitrogens with one attached hydrogen (secondary N) is 2. The number of nitrogens with two attached hydrogens (primary N) is 2. The predicted octanol–water partition coefficient (Wildman–Crippen LogP) is 1.55. The Bertz CT molecular complexity index is 1480. The number of aliphatic hydroxyl groups is 2. The van der Waals surface area contributed by atoms with Gasteiger partial charge < -0.3 is 46.7 Å². The zero-order chi connectivity index (χ0) is 28.9. The zero-order valence-corrected chi connectivity index (χ0v) is 22.4. The molecule has 2 amide bonds. The number of nitrogen functional groups attached to an aromatic ring is 2. The second-order valence-electron chi connectivity index (χ2n) is 9.79. The van der Waals surface area contributed by atoms with Gasteiger partial charge in [0.1, 0.15) is 41.7 Å². The van der Waals surface area contributed by atoms with Gasteiger partial charge >= 0.3 is 6.03 Å². The Morgan fingerprint density at radius 1 is 1.10 bits per heavy atom. The lowest BCUT2D eigenvalue weighted by atomic mass is 10.1. The third-order valence-corrected chi connectivity index (χ3v) is 6.75. The fourth-order valence-electron chi connectivity index (χ4n) is 4.60. The number of hydrogen-bond donors (Lipinski definition) is 6. The number of benzene rings is 2. The summed E-state index contributed by atoms with van der Waals surface area (Å²) in [6.07, 6.45) is -0.367. The van der Waals surface area contributed by atoms with E-state index in [2.05, 4.69) is 25.6 Å². The number of para-hydroxylation sites is 2. The molecule has 2 aromatic heterocycles. The lowest BCUT2D eigenvalue weighted by Gasteiger charge is -2.22. The monoisotopic (exact) mass is 563 g/mol. The molecule has 3 heterocycles. The summed E-state index contributed by atoms with van der Waals surface area (Å²) < 4.78 is 13.3. The zero-order valence-electron chi connectivity index (χ0n) is 22.4. The summed E-state index contributed by atoms with van der Waals surface area (Å²) in [5.74, 6) is 1.38. The number of likely N-dealkylation sites (N-methyl/N-ethyl adjacent to an activating group) is 1. The predicted molar refractivity (Wildman–Crippen MR) is 152 cm³/mol. The van der Waals surface area contributed by atoms with Crippen LogP contribution in [0.2, 0.25) is 0 Å². The van der Waals surface area contributed by atoms with Gasteiger partial charge in [-0.2, -0.15) is 0 Å². The van der Waals surface area contributed by atoms with E-state index in [0.29, 0.717) is 60.1 Å². The largest absolute Gasteiger partial charge is 0.455 e. The molecule has 0 bridgehead atoms. The molecule has 1 saturated heterocycles. The van der Waals surface area contributed by atoms with Crippen LogP contribution in [0.4, 0.5) is 22.0 Å². The van der Waals surface area contributed by atoms with E-state index in [4.69, 9.17) is 20.9 Å². The molecule has 8 N–H and O–H groups in total. The number of amides is 2. The van der Waals surface area contributed by atoms with E-state index in [1.807, 2.05) is 24.1 Å². The molecule has 5 rings (SSSR count). The summed E-state index contributed by atoms with van der Waals surface area (Å²) in [5, 5.41) is 26.9. The molecular weight excluding hydrogens is 530 g/mol. The molecule has 1 aliphatic rings. The summed E-state index contributed by atoms with van der Waals surface area (Å²) in [4.78, 5) is 26.6. The molecule has 14 heteroatoms. The molecule has 1 fully saturated rings. The number of imidazole rings is 1. The second kappa shape index (κ2) is 12.3. The van der Waals surface area contributed by atoms with Crippen molar-refractivity contribution in [3.63, 3.8) is 0 Å². The molecule has 4 atom stereocenters. The maximum Gasteiger partial charge on any atom is 0.319 e. The highest BCUT2D eigenvalue weighted by molar-refractivity contribution is 5.89. The molecule has 1 aliphatic heterocycles. The number of ether oxygens (including phenoxy) is 2. The molecule has 0 aliphatic carbocycles. The number of nitrogens with zero attached hydrogens (tertiary/aromatic N) is 5. The molecule has 0 unspecified atom stereocenters. The van der Waals surface area contributed by atoms with Crippen LogP contribution < -0.4 is 26.8 Å². The van der Waals surface area contributed by atoms with Crippen LogP contribution in [0.1, 0.15) is 12.6 Å². The summed E-state index contributed by atoms with van der Waals surface area (Å²) >= 11 is 0. The van der Waals surface area contributed by atoms with Crippen LogP contribution in [0, 0.1) is 0 Å². The Kier molecular flexibility index (Phi) is 8.45. The number of urea groups is 1. The van der Waals surface area contributed by atoms with E-state index >= 15 is 0 Å². The topological polar surface area (TPSA) is 199 Å². The highest BCUT2D eigenvalue weighted by atomic mass is 16.6. The SMILES string of the molecule is CN(CCCNC(=O)Nc1ccc(Oc2ccccc2N)cc1)C[C@H]1O[C@@H](n2cnc3c(N)ncnc32)[C@H](O)[C@@H]1O. The van der Waals surface area contributed by atoms with Crippen molar-refractivity contribution >= 4 is 34.4 Å². The van der Waals surface area contributed by atoms with Gasteiger partial charge in [-0.25, -0.2) is 19.7 Å². The summed E-state index contributed by atoms with van der Waals surface area (Å²) in [5.41, 5.74) is 13.7. The Hall–Kier alpha value is -4.50. The minimum absolute atomic E-state index is 0.220. The van der Waals surface area contributed by atoms with Gasteiger partial charge in [0.2, 0.25) is 0 Å². The molecule has 41 heavy (non-hydrogen) atoms. The third kappa shape index (κ3) is 6.47. The highest BCUT2D eigenvalue weighted by Crippen LogP contribution is 2.32. The van der Waals surface area contributed by atoms with Crippen LogP contribution in [0.5, 0.6) is 11.5 Å². The fraction of sp³-hybridized carbons (Fsp3) is 0.333. The standard InChI is InChI=1S/C27H33N9O5/c1-35(13-20-22(37)23(38)26(41-20)36-15-33-21-24(29)31-14-32-25(21)36)12-4-11-30-27(39)34-16-7-9-17(10-8-16)40-19-6-3-2-5-18(19)28/h2-3,5-10,14-15,20,22-23,26,37-38H,4,11-13,28H2,1H3,(H2,29,31,32)(H2,30,34,39)/t20-,22-,23-,26-/m1/s1. The molecule has 216 valence electrons. The van der Waals surface area contributed by atoms with Crippen LogP contribution in [0.3, 0.4) is 0 Å². The maximum atomic E-state index is 12.3. The van der Waals surface area contributed by atoms with Crippen LogP contribution in [0.15, 0.2) is 61.2 Å². The smallest absolute Gasteiger partial charge is 0.319 e. The van der Waals surface area contributed by atoms with Gasteiger partial charge in [-0.15, -0.1) is 0 Å². The van der Waals surface area contributed by atoms with Gasteiger partial charge in [-0.3, -0.25) is 4.57 Å². The van der Waals surface area contributed by atoms with Gasteiger partial charge in [0, 0.05) is 18.8 Å². The molecule has 0 radical (unpaired) electrons. The molecular formula is C27H33N9O5. The van der Waals surface area contributed by atoms with Crippen LogP contribution in [-0.4, -0.2) is 85.7 Å². The van der Waals surface area contributed by atoms with Gasteiger partial charge in [-0.1, -0.05) is 12.1 Å². The molecule has 0 saturated carbocycles. The number of rotatable bonds is 10. The van der Waals surface area contributed by atoms with Gasteiger partial charge in [0.05, 0.1) is 12.0 Å². The Balaban J connectivity index is 1.04. The molecule has 0 spiro atoms. The molecule has 4 aromatic rings. The first-order valence-electron chi connectivity index (χ1n) is 13.1. The first-order chi connectivity index (χ1) is 19.8. The van der Waals surface area contributed by atoms with Crippen LogP contribution in [0.25, 0.3) is 11.2 Å². The Morgan fingerprint density at radius 2 is 1.88 bits per heavy atom. The number of carbonyl (C=O) groups is 1. The highest BCUT2D eigenvalue weighted by Gasteiger charge is 2.44. The lowest BCUT2D eigenvalue weighted by Crippen LogP contribution is -2.39. The normalized spacial score (nSPS) is 20.4. The van der Waals surface area contributed by atoms with E-state index in [1.54, 1.807) is 41.0 Å². The van der Waals surface area contributed by atoms with Crippen molar-refractivity contribution < 1.29 is 24.5 Å². The lowest BCUT2D eigenvalue weighted by molar-refractivity contribution is -0.0421. The number of carbonyl (C=O) groups excluding carboxylic acids is 1. The van der Waals surface area contributed by atoms with Crippen molar-refractivity contribution in [2.45, 2.75) is 31.0 Å². The molecule has 14 nitrogen and oxygen atoms in total. The first kappa shape index (κ1) is 28.0. The first-order valence-corrected chi connectivity index (χ1v) is 13.1. The van der Waals surface area contributed by atoms with Crippen LogP contribution in [-0.2, 0) is 4.74 Å². The van der Waals surface area contributed by atoms with Crippen molar-refractivity contribution in [2.75, 3.05) is 43.5 Å². The van der Waals surface area contributed by atoms with Gasteiger partial charge in [-0.05, 0) is 56.4 Å².